The van der Waals surface area contributed by atoms with Crippen LogP contribution < -0.4 is 0 Å². The number of nitriles is 1. The van der Waals surface area contributed by atoms with Crippen molar-refractivity contribution in [2.45, 2.75) is 26.7 Å². The first-order valence-electron chi connectivity index (χ1n) is 6.71. The highest BCUT2D eigenvalue weighted by molar-refractivity contribution is 6.02. The average molecular weight is 281 g/mol. The van der Waals surface area contributed by atoms with E-state index in [1.54, 1.807) is 25.1 Å². The maximum atomic E-state index is 13.6. The van der Waals surface area contributed by atoms with Gasteiger partial charge in [-0.05, 0) is 49.1 Å². The van der Waals surface area contributed by atoms with Gasteiger partial charge in [0.2, 0.25) is 0 Å². The van der Waals surface area contributed by atoms with Crippen molar-refractivity contribution >= 4 is 5.78 Å². The topological polar surface area (TPSA) is 40.9 Å². The third-order valence-corrected chi connectivity index (χ3v) is 3.71. The summed E-state index contributed by atoms with van der Waals surface area (Å²) in [5, 5.41) is 9.33. The lowest BCUT2D eigenvalue weighted by molar-refractivity contribution is 0.0978. The maximum absolute atomic E-state index is 13.6. The second-order valence-electron chi connectivity index (χ2n) is 5.23. The van der Waals surface area contributed by atoms with Crippen LogP contribution in [-0.4, -0.2) is 5.78 Å². The number of benzene rings is 2. The normalized spacial score (nSPS) is 11.8. The molecule has 2 rings (SSSR count). The summed E-state index contributed by atoms with van der Waals surface area (Å²) >= 11 is 0. The molecule has 0 heterocycles. The number of carbonyl (C=O) groups excluding carboxylic acids is 1. The number of rotatable bonds is 3. The molecule has 0 aliphatic rings. The molecule has 0 amide bonds. The Morgan fingerprint density at radius 2 is 1.71 bits per heavy atom. The molecule has 0 saturated heterocycles. The number of hydrogen-bond acceptors (Lipinski definition) is 2. The molecular weight excluding hydrogens is 265 g/mol. The summed E-state index contributed by atoms with van der Waals surface area (Å²) in [5.41, 5.74) is 3.47. The standard InChI is InChI=1S/C18H16FNO/c1-11-4-6-14(8-13(11)3)16(10-20)18(21)15-7-5-12(2)17(19)9-15/h4-9,16H,1-3H3. The number of halogens is 1. The van der Waals surface area contributed by atoms with Crippen molar-refractivity contribution in [2.24, 2.45) is 0 Å². The molecule has 1 unspecified atom stereocenters. The summed E-state index contributed by atoms with van der Waals surface area (Å²) in [5.74, 6) is -1.72. The predicted octanol–water partition coefficient (Wildman–Crippen LogP) is 4.24. The van der Waals surface area contributed by atoms with Gasteiger partial charge in [-0.1, -0.05) is 30.3 Å². The first-order chi connectivity index (χ1) is 9.93. The number of aryl methyl sites for hydroxylation is 3. The zero-order valence-electron chi connectivity index (χ0n) is 12.3. The molecule has 106 valence electrons. The molecule has 3 heteroatoms. The Bertz CT molecular complexity index is 743. The van der Waals surface area contributed by atoms with Crippen molar-refractivity contribution < 1.29 is 9.18 Å². The lowest BCUT2D eigenvalue weighted by atomic mass is 9.90. The van der Waals surface area contributed by atoms with Crippen molar-refractivity contribution in [3.05, 3.63) is 70.0 Å². The zero-order valence-corrected chi connectivity index (χ0v) is 12.3. The Hall–Kier alpha value is -2.47. The van der Waals surface area contributed by atoms with E-state index in [0.717, 1.165) is 11.1 Å². The third kappa shape index (κ3) is 3.00. The van der Waals surface area contributed by atoms with E-state index >= 15 is 0 Å². The van der Waals surface area contributed by atoms with Gasteiger partial charge < -0.3 is 0 Å². The predicted molar refractivity (Wildman–Crippen MR) is 79.7 cm³/mol. The van der Waals surface area contributed by atoms with Gasteiger partial charge in [-0.3, -0.25) is 4.79 Å². The zero-order chi connectivity index (χ0) is 15.6. The monoisotopic (exact) mass is 281 g/mol. The minimum Gasteiger partial charge on any atom is -0.292 e. The van der Waals surface area contributed by atoms with Crippen LogP contribution in [0, 0.1) is 37.9 Å². The minimum absolute atomic E-state index is 0.225. The van der Waals surface area contributed by atoms with Gasteiger partial charge in [-0.15, -0.1) is 0 Å². The van der Waals surface area contributed by atoms with Crippen molar-refractivity contribution in [3.63, 3.8) is 0 Å². The van der Waals surface area contributed by atoms with Crippen molar-refractivity contribution in [1.29, 1.82) is 5.26 Å². The Kier molecular flexibility index (Phi) is 4.18. The van der Waals surface area contributed by atoms with Gasteiger partial charge in [0.15, 0.2) is 5.78 Å². The number of Topliss-reactive ketones (excluding diaryl/α,β-unsaturated/α-hetero) is 1. The molecule has 0 radical (unpaired) electrons. The molecule has 2 nitrogen and oxygen atoms in total. The van der Waals surface area contributed by atoms with E-state index in [0.29, 0.717) is 11.1 Å². The molecule has 0 fully saturated rings. The van der Waals surface area contributed by atoms with E-state index in [1.807, 2.05) is 32.0 Å². The molecule has 21 heavy (non-hydrogen) atoms. The van der Waals surface area contributed by atoms with Crippen LogP contribution in [0.1, 0.15) is 38.5 Å². The SMILES string of the molecule is Cc1ccc(C(C#N)C(=O)c2ccc(C)c(F)c2)cc1C. The Morgan fingerprint density at radius 3 is 2.29 bits per heavy atom. The van der Waals surface area contributed by atoms with Crippen LogP contribution in [-0.2, 0) is 0 Å². The Balaban J connectivity index is 2.41. The summed E-state index contributed by atoms with van der Waals surface area (Å²) in [6.07, 6.45) is 0. The molecule has 0 N–H and O–H groups in total. The average Bonchev–Trinajstić information content (AvgIpc) is 2.46. The van der Waals surface area contributed by atoms with Gasteiger partial charge in [0.25, 0.3) is 0 Å². The molecule has 2 aromatic carbocycles. The van der Waals surface area contributed by atoms with E-state index in [-0.39, 0.29) is 11.3 Å². The van der Waals surface area contributed by atoms with Crippen molar-refractivity contribution in [2.75, 3.05) is 0 Å². The van der Waals surface area contributed by atoms with E-state index < -0.39 is 11.7 Å². The third-order valence-electron chi connectivity index (χ3n) is 3.71. The van der Waals surface area contributed by atoms with Crippen LogP contribution in [0.25, 0.3) is 0 Å². The smallest absolute Gasteiger partial charge is 0.184 e. The highest BCUT2D eigenvalue weighted by atomic mass is 19.1. The summed E-state index contributed by atoms with van der Waals surface area (Å²) < 4.78 is 13.6. The number of ketones is 1. The van der Waals surface area contributed by atoms with E-state index in [9.17, 15) is 14.4 Å². The quantitative estimate of drug-likeness (QED) is 0.789. The summed E-state index contributed by atoms with van der Waals surface area (Å²) in [7, 11) is 0. The fourth-order valence-corrected chi connectivity index (χ4v) is 2.14. The second kappa shape index (κ2) is 5.88. The van der Waals surface area contributed by atoms with Gasteiger partial charge in [-0.2, -0.15) is 5.26 Å². The van der Waals surface area contributed by atoms with Crippen LogP contribution in [0.3, 0.4) is 0 Å². The molecule has 0 aliphatic heterocycles. The fraction of sp³-hybridized carbons (Fsp3) is 0.222. The first-order valence-corrected chi connectivity index (χ1v) is 6.71. The van der Waals surface area contributed by atoms with E-state index in [1.165, 1.54) is 6.07 Å². The highest BCUT2D eigenvalue weighted by Gasteiger charge is 2.22. The molecule has 0 bridgehead atoms. The molecule has 2 aromatic rings. The molecular formula is C18H16FNO. The largest absolute Gasteiger partial charge is 0.292 e. The van der Waals surface area contributed by atoms with Gasteiger partial charge in [0, 0.05) is 5.56 Å². The highest BCUT2D eigenvalue weighted by Crippen LogP contribution is 2.23. The van der Waals surface area contributed by atoms with Crippen LogP contribution in [0.15, 0.2) is 36.4 Å². The van der Waals surface area contributed by atoms with Crippen LogP contribution >= 0.6 is 0 Å². The molecule has 1 atom stereocenters. The molecule has 0 saturated carbocycles. The number of carbonyl (C=O) groups is 1. The Morgan fingerprint density at radius 1 is 1.05 bits per heavy atom. The van der Waals surface area contributed by atoms with Crippen LogP contribution in [0.5, 0.6) is 0 Å². The molecule has 0 aliphatic carbocycles. The summed E-state index contributed by atoms with van der Waals surface area (Å²) in [6, 6.07) is 11.8. The van der Waals surface area contributed by atoms with Gasteiger partial charge in [0.05, 0.1) is 6.07 Å². The molecule has 0 spiro atoms. The van der Waals surface area contributed by atoms with Gasteiger partial charge in [0.1, 0.15) is 11.7 Å². The number of nitrogens with zero attached hydrogens (tertiary/aromatic N) is 1. The second-order valence-corrected chi connectivity index (χ2v) is 5.23. The van der Waals surface area contributed by atoms with E-state index in [4.69, 9.17) is 0 Å². The van der Waals surface area contributed by atoms with Gasteiger partial charge in [-0.25, -0.2) is 4.39 Å². The minimum atomic E-state index is -0.911. The first kappa shape index (κ1) is 14.9. The van der Waals surface area contributed by atoms with Crippen LogP contribution in [0.4, 0.5) is 4.39 Å². The fourth-order valence-electron chi connectivity index (χ4n) is 2.14. The summed E-state index contributed by atoms with van der Waals surface area (Å²) in [6.45, 7) is 5.54. The summed E-state index contributed by atoms with van der Waals surface area (Å²) in [4.78, 5) is 12.4. The molecule has 0 aromatic heterocycles. The Labute approximate surface area is 123 Å². The van der Waals surface area contributed by atoms with Crippen LogP contribution in [0.2, 0.25) is 0 Å². The lowest BCUT2D eigenvalue weighted by Gasteiger charge is -2.11. The van der Waals surface area contributed by atoms with E-state index in [2.05, 4.69) is 0 Å². The number of hydrogen-bond donors (Lipinski definition) is 0. The van der Waals surface area contributed by atoms with Crippen molar-refractivity contribution in [1.82, 2.24) is 0 Å². The maximum Gasteiger partial charge on any atom is 0.184 e. The van der Waals surface area contributed by atoms with Gasteiger partial charge >= 0.3 is 0 Å². The lowest BCUT2D eigenvalue weighted by Crippen LogP contribution is -2.12. The van der Waals surface area contributed by atoms with Crippen molar-refractivity contribution in [3.8, 4) is 6.07 Å².